The lowest BCUT2D eigenvalue weighted by atomic mass is 9.55. The summed E-state index contributed by atoms with van der Waals surface area (Å²) in [5, 5.41) is 2.99. The van der Waals surface area contributed by atoms with E-state index in [1.807, 2.05) is 48.5 Å². The van der Waals surface area contributed by atoms with Gasteiger partial charge in [-0.15, -0.1) is 0 Å². The molecule has 1 aliphatic heterocycles. The summed E-state index contributed by atoms with van der Waals surface area (Å²) in [6, 6.07) is 19.5. The number of likely N-dealkylation sites (tertiary alicyclic amines) is 1. The van der Waals surface area contributed by atoms with Crippen LogP contribution in [0.25, 0.3) is 0 Å². The zero-order chi connectivity index (χ0) is 28.3. The molecule has 3 aromatic carbocycles. The number of anilines is 1. The number of imide groups is 1. The first-order valence-corrected chi connectivity index (χ1v) is 13.9. The maximum Gasteiger partial charge on any atom is 0.330 e. The highest BCUT2D eigenvalue weighted by atomic mass is 35.5. The van der Waals surface area contributed by atoms with E-state index in [2.05, 4.69) is 5.32 Å². The third-order valence-corrected chi connectivity index (χ3v) is 9.02. The molecule has 2 bridgehead atoms. The van der Waals surface area contributed by atoms with Crippen LogP contribution in [-0.2, 0) is 23.9 Å². The predicted octanol–water partition coefficient (Wildman–Crippen LogP) is 5.39. The highest BCUT2D eigenvalue weighted by Gasteiger charge is 2.63. The summed E-state index contributed by atoms with van der Waals surface area (Å²) in [6.07, 6.45) is 0. The molecule has 9 heteroatoms. The first-order chi connectivity index (χ1) is 19.2. The van der Waals surface area contributed by atoms with Crippen molar-refractivity contribution in [3.63, 3.8) is 0 Å². The van der Waals surface area contributed by atoms with E-state index < -0.39 is 42.3 Å². The molecule has 204 valence electrons. The Bertz CT molecular complexity index is 1460. The van der Waals surface area contributed by atoms with Crippen LogP contribution in [0.15, 0.2) is 66.7 Å². The van der Waals surface area contributed by atoms with Crippen molar-refractivity contribution in [2.75, 3.05) is 11.9 Å². The normalized spacial score (nSPS) is 23.0. The minimum atomic E-state index is -1.17. The SMILES string of the molecule is CC(C)[C@H](C(=O)OCC(=O)Nc1cccc(Cl)c1Cl)N1C(=O)[C@@H]2C3c4ccccc4C(c4ccccc43)[C@@H]2C1=O. The number of ether oxygens (including phenoxy) is 1. The van der Waals surface area contributed by atoms with Crippen LogP contribution in [-0.4, -0.2) is 41.2 Å². The van der Waals surface area contributed by atoms with Crippen LogP contribution in [0.2, 0.25) is 10.0 Å². The second-order valence-electron chi connectivity index (χ2n) is 10.8. The zero-order valence-corrected chi connectivity index (χ0v) is 23.3. The molecule has 7 nitrogen and oxygen atoms in total. The minimum absolute atomic E-state index is 0.163. The molecule has 1 N–H and O–H groups in total. The molecule has 40 heavy (non-hydrogen) atoms. The molecule has 0 saturated carbocycles. The highest BCUT2D eigenvalue weighted by Crippen LogP contribution is 2.61. The Hall–Kier alpha value is -3.68. The van der Waals surface area contributed by atoms with Gasteiger partial charge in [0.15, 0.2) is 6.61 Å². The maximum atomic E-state index is 14.0. The summed E-state index contributed by atoms with van der Waals surface area (Å²) in [6.45, 7) is 2.88. The van der Waals surface area contributed by atoms with Crippen molar-refractivity contribution in [2.24, 2.45) is 17.8 Å². The predicted molar refractivity (Wildman–Crippen MR) is 150 cm³/mol. The van der Waals surface area contributed by atoms with Crippen LogP contribution < -0.4 is 5.32 Å². The summed E-state index contributed by atoms with van der Waals surface area (Å²) in [5.41, 5.74) is 4.48. The molecule has 3 atom stereocenters. The first-order valence-electron chi connectivity index (χ1n) is 13.2. The number of carbonyl (C=O) groups excluding carboxylic acids is 4. The van der Waals surface area contributed by atoms with Crippen molar-refractivity contribution in [3.05, 3.63) is 99.0 Å². The summed E-state index contributed by atoms with van der Waals surface area (Å²) >= 11 is 12.1. The molecule has 0 unspecified atom stereocenters. The molecule has 1 saturated heterocycles. The molecule has 0 radical (unpaired) electrons. The summed E-state index contributed by atoms with van der Waals surface area (Å²) in [5.74, 6) is -4.40. The third kappa shape index (κ3) is 4.02. The standard InChI is InChI=1S/C31H26Cl2N2O5/c1-15(2)28(31(39)40-14-22(36)34-21-13-7-12-20(32)27(21)33)35-29(37)25-23-16-8-3-4-9-17(16)24(26(25)30(35)38)19-11-6-5-10-18(19)23/h3-13,15,23-26,28H,14H2,1-2H3,(H,34,36)/t23?,24?,25-,26+,28-/m1/s1. The number of nitrogens with one attached hydrogen (secondary N) is 1. The van der Waals surface area contributed by atoms with Crippen LogP contribution in [0, 0.1) is 17.8 Å². The lowest BCUT2D eigenvalue weighted by Gasteiger charge is -2.45. The monoisotopic (exact) mass is 576 g/mol. The molecule has 3 aromatic rings. The van der Waals surface area contributed by atoms with Crippen LogP contribution in [0.3, 0.4) is 0 Å². The van der Waals surface area contributed by atoms with E-state index in [1.54, 1.807) is 32.0 Å². The smallest absolute Gasteiger partial charge is 0.330 e. The van der Waals surface area contributed by atoms with E-state index in [4.69, 9.17) is 27.9 Å². The number of benzene rings is 3. The Labute approximate surface area is 241 Å². The molecule has 1 heterocycles. The van der Waals surface area contributed by atoms with Gasteiger partial charge in [0.1, 0.15) is 6.04 Å². The van der Waals surface area contributed by atoms with Crippen molar-refractivity contribution in [3.8, 4) is 0 Å². The van der Waals surface area contributed by atoms with Crippen LogP contribution >= 0.6 is 23.2 Å². The average Bonchev–Trinajstić information content (AvgIpc) is 3.20. The molecule has 0 aromatic heterocycles. The Morgan fingerprint density at radius 3 is 1.80 bits per heavy atom. The Balaban J connectivity index is 1.26. The third-order valence-electron chi connectivity index (χ3n) is 8.20. The Morgan fingerprint density at radius 2 is 1.32 bits per heavy atom. The summed E-state index contributed by atoms with van der Waals surface area (Å²) in [7, 11) is 0. The Kier molecular flexibility index (Phi) is 6.67. The molecule has 3 amide bonds. The molecule has 4 aliphatic rings. The van der Waals surface area contributed by atoms with Gasteiger partial charge in [-0.1, -0.05) is 91.6 Å². The molecule has 0 spiro atoms. The fraction of sp³-hybridized carbons (Fsp3) is 0.290. The number of nitrogens with zero attached hydrogens (tertiary/aromatic N) is 1. The number of amides is 3. The quantitative estimate of drug-likeness (QED) is 0.313. The van der Waals surface area contributed by atoms with Gasteiger partial charge in [0.2, 0.25) is 11.8 Å². The highest BCUT2D eigenvalue weighted by molar-refractivity contribution is 6.44. The number of halogens is 2. The molecular formula is C31H26Cl2N2O5. The number of rotatable bonds is 6. The second kappa shape index (κ2) is 10.1. The second-order valence-corrected chi connectivity index (χ2v) is 11.5. The lowest BCUT2D eigenvalue weighted by molar-refractivity contribution is -0.162. The number of hydrogen-bond acceptors (Lipinski definition) is 5. The van der Waals surface area contributed by atoms with Crippen LogP contribution in [0.4, 0.5) is 5.69 Å². The molecule has 1 fully saturated rings. The van der Waals surface area contributed by atoms with Gasteiger partial charge in [-0.2, -0.15) is 0 Å². The van der Waals surface area contributed by atoms with E-state index in [0.717, 1.165) is 27.2 Å². The van der Waals surface area contributed by atoms with Crippen LogP contribution in [0.1, 0.15) is 47.9 Å². The average molecular weight is 577 g/mol. The summed E-state index contributed by atoms with van der Waals surface area (Å²) < 4.78 is 5.35. The van der Waals surface area contributed by atoms with E-state index in [0.29, 0.717) is 0 Å². The van der Waals surface area contributed by atoms with Gasteiger partial charge < -0.3 is 10.1 Å². The van der Waals surface area contributed by atoms with E-state index in [-0.39, 0.29) is 39.4 Å². The fourth-order valence-corrected chi connectivity index (χ4v) is 7.01. The topological polar surface area (TPSA) is 92.8 Å². The van der Waals surface area contributed by atoms with Gasteiger partial charge >= 0.3 is 5.97 Å². The van der Waals surface area contributed by atoms with E-state index >= 15 is 0 Å². The number of hydrogen-bond donors (Lipinski definition) is 1. The maximum absolute atomic E-state index is 14.0. The van der Waals surface area contributed by atoms with Crippen molar-refractivity contribution < 1.29 is 23.9 Å². The lowest BCUT2D eigenvalue weighted by Crippen LogP contribution is -2.49. The van der Waals surface area contributed by atoms with Crippen molar-refractivity contribution >= 4 is 52.6 Å². The minimum Gasteiger partial charge on any atom is -0.454 e. The van der Waals surface area contributed by atoms with E-state index in [1.165, 1.54) is 0 Å². The first kappa shape index (κ1) is 26.5. The zero-order valence-electron chi connectivity index (χ0n) is 21.8. The van der Waals surface area contributed by atoms with Gasteiger partial charge in [-0.25, -0.2) is 4.79 Å². The van der Waals surface area contributed by atoms with E-state index in [9.17, 15) is 19.2 Å². The van der Waals surface area contributed by atoms with Gasteiger partial charge in [0, 0.05) is 11.8 Å². The molecular weight excluding hydrogens is 551 g/mol. The van der Waals surface area contributed by atoms with Crippen molar-refractivity contribution in [1.29, 1.82) is 0 Å². The molecule has 3 aliphatic carbocycles. The van der Waals surface area contributed by atoms with Gasteiger partial charge in [0.05, 0.1) is 27.6 Å². The molecule has 7 rings (SSSR count). The van der Waals surface area contributed by atoms with Crippen LogP contribution in [0.5, 0.6) is 0 Å². The van der Waals surface area contributed by atoms with Gasteiger partial charge in [-0.3, -0.25) is 19.3 Å². The largest absolute Gasteiger partial charge is 0.454 e. The Morgan fingerprint density at radius 1 is 0.825 bits per heavy atom. The van der Waals surface area contributed by atoms with Gasteiger partial charge in [0.25, 0.3) is 5.91 Å². The number of esters is 1. The fourth-order valence-electron chi connectivity index (χ4n) is 6.66. The van der Waals surface area contributed by atoms with Crippen molar-refractivity contribution in [1.82, 2.24) is 4.90 Å². The van der Waals surface area contributed by atoms with Crippen molar-refractivity contribution in [2.45, 2.75) is 31.7 Å². The number of carbonyl (C=O) groups is 4. The van der Waals surface area contributed by atoms with Gasteiger partial charge in [-0.05, 0) is 40.3 Å². The summed E-state index contributed by atoms with van der Waals surface area (Å²) in [4.78, 5) is 55.1.